The van der Waals surface area contributed by atoms with Gasteiger partial charge in [0.15, 0.2) is 0 Å². The van der Waals surface area contributed by atoms with Crippen LogP contribution in [0, 0.1) is 10.1 Å². The number of nitrogens with one attached hydrogen (secondary N) is 1. The molecule has 1 atom stereocenters. The maximum atomic E-state index is 13.1. The molecule has 0 fully saturated rings. The smallest absolute Gasteiger partial charge is 0.338 e. The van der Waals surface area contributed by atoms with Crippen LogP contribution in [0.15, 0.2) is 60.4 Å². The number of aromatic nitrogens is 3. The molecule has 0 amide bonds. The third-order valence-electron chi connectivity index (χ3n) is 4.64. The first-order valence-electron chi connectivity index (χ1n) is 9.08. The lowest BCUT2D eigenvalue weighted by Crippen LogP contribution is -2.30. The molecule has 10 heteroatoms. The molecule has 0 unspecified atom stereocenters. The number of carbonyl (C=O) groups is 1. The largest absolute Gasteiger partial charge is 0.463 e. The first-order valence-corrected chi connectivity index (χ1v) is 9.46. The summed E-state index contributed by atoms with van der Waals surface area (Å²) in [6.45, 7) is 1.86. The van der Waals surface area contributed by atoms with Crippen molar-refractivity contribution in [3.8, 4) is 0 Å². The number of nitro groups is 1. The van der Waals surface area contributed by atoms with Crippen molar-refractivity contribution in [2.45, 2.75) is 13.0 Å². The summed E-state index contributed by atoms with van der Waals surface area (Å²) in [7, 11) is 0. The molecule has 1 N–H and O–H groups in total. The van der Waals surface area contributed by atoms with Gasteiger partial charge in [-0.2, -0.15) is 10.1 Å². The third-order valence-corrected chi connectivity index (χ3v) is 4.98. The van der Waals surface area contributed by atoms with E-state index in [9.17, 15) is 14.9 Å². The molecule has 2 heterocycles. The summed E-state index contributed by atoms with van der Waals surface area (Å²) in [5.41, 5.74) is 1.61. The van der Waals surface area contributed by atoms with Crippen molar-refractivity contribution in [1.29, 1.82) is 0 Å². The van der Waals surface area contributed by atoms with Gasteiger partial charge in [0.1, 0.15) is 12.4 Å². The average Bonchev–Trinajstić information content (AvgIpc) is 3.22. The number of nitrogens with zero attached hydrogens (tertiary/aromatic N) is 4. The monoisotopic (exact) mass is 425 g/mol. The van der Waals surface area contributed by atoms with Gasteiger partial charge >= 0.3 is 5.97 Å². The van der Waals surface area contributed by atoms with Crippen LogP contribution in [-0.2, 0) is 9.53 Å². The number of halogens is 1. The van der Waals surface area contributed by atoms with Crippen molar-refractivity contribution in [2.75, 3.05) is 11.9 Å². The SMILES string of the molecule is CCOC(=O)C1=C(c2ccccc2)Nc2ncnn2[C@@H]1c1cc([N+](=O)[O-])ccc1Cl. The van der Waals surface area contributed by atoms with Crippen LogP contribution >= 0.6 is 11.6 Å². The fraction of sp³-hybridized carbons (Fsp3) is 0.150. The Morgan fingerprint density at radius 3 is 2.77 bits per heavy atom. The average molecular weight is 426 g/mol. The Labute approximate surface area is 176 Å². The van der Waals surface area contributed by atoms with Gasteiger partial charge in [-0.15, -0.1) is 0 Å². The lowest BCUT2D eigenvalue weighted by Gasteiger charge is -2.29. The number of benzene rings is 2. The van der Waals surface area contributed by atoms with Gasteiger partial charge in [0.25, 0.3) is 5.69 Å². The summed E-state index contributed by atoms with van der Waals surface area (Å²) < 4.78 is 6.78. The van der Waals surface area contributed by atoms with Crippen LogP contribution in [0.3, 0.4) is 0 Å². The maximum Gasteiger partial charge on any atom is 0.338 e. The molecule has 0 saturated carbocycles. The summed E-state index contributed by atoms with van der Waals surface area (Å²) in [6.07, 6.45) is 1.33. The number of fused-ring (bicyclic) bond motifs is 1. The van der Waals surface area contributed by atoms with Crippen LogP contribution in [0.2, 0.25) is 5.02 Å². The zero-order chi connectivity index (χ0) is 21.3. The number of hydrogen-bond acceptors (Lipinski definition) is 7. The van der Waals surface area contributed by atoms with Crippen molar-refractivity contribution in [3.63, 3.8) is 0 Å². The van der Waals surface area contributed by atoms with E-state index < -0.39 is 16.9 Å². The molecule has 0 saturated heterocycles. The standard InChI is InChI=1S/C20H16ClN5O4/c1-2-30-19(27)16-17(12-6-4-3-5-7-12)24-20-22-11-23-25(20)18(16)14-10-13(26(28)29)8-9-15(14)21/h3-11,18H,2H2,1H3,(H,22,23,24)/t18-/m1/s1. The van der Waals surface area contributed by atoms with E-state index in [1.54, 1.807) is 6.92 Å². The Hall–Kier alpha value is -3.72. The van der Waals surface area contributed by atoms with E-state index in [4.69, 9.17) is 16.3 Å². The number of carbonyl (C=O) groups excluding carboxylic acids is 1. The lowest BCUT2D eigenvalue weighted by molar-refractivity contribution is -0.384. The Kier molecular flexibility index (Phi) is 5.20. The predicted molar refractivity (Wildman–Crippen MR) is 110 cm³/mol. The summed E-state index contributed by atoms with van der Waals surface area (Å²) in [6, 6.07) is 12.4. The topological polar surface area (TPSA) is 112 Å². The zero-order valence-corrected chi connectivity index (χ0v) is 16.5. The van der Waals surface area contributed by atoms with E-state index in [2.05, 4.69) is 15.4 Å². The van der Waals surface area contributed by atoms with Gasteiger partial charge in [0.2, 0.25) is 5.95 Å². The van der Waals surface area contributed by atoms with Gasteiger partial charge in [-0.3, -0.25) is 10.1 Å². The highest BCUT2D eigenvalue weighted by atomic mass is 35.5. The van der Waals surface area contributed by atoms with Crippen molar-refractivity contribution >= 4 is 34.9 Å². The van der Waals surface area contributed by atoms with Crippen LogP contribution < -0.4 is 5.32 Å². The molecule has 30 heavy (non-hydrogen) atoms. The van der Waals surface area contributed by atoms with Crippen LogP contribution in [0.1, 0.15) is 24.1 Å². The molecule has 9 nitrogen and oxygen atoms in total. The Morgan fingerprint density at radius 1 is 1.30 bits per heavy atom. The predicted octanol–water partition coefficient (Wildman–Crippen LogP) is 3.83. The Morgan fingerprint density at radius 2 is 2.07 bits per heavy atom. The number of rotatable bonds is 5. The molecular formula is C20H16ClN5O4. The Balaban J connectivity index is 2.01. The molecule has 1 aromatic heterocycles. The quantitative estimate of drug-likeness (QED) is 0.375. The number of esters is 1. The van der Waals surface area contributed by atoms with Crippen LogP contribution in [-0.4, -0.2) is 32.3 Å². The molecule has 1 aliphatic rings. The molecule has 1 aliphatic heterocycles. The van der Waals surface area contributed by atoms with E-state index >= 15 is 0 Å². The van der Waals surface area contributed by atoms with Crippen LogP contribution in [0.25, 0.3) is 5.70 Å². The minimum atomic E-state index is -0.870. The van der Waals surface area contributed by atoms with Gasteiger partial charge in [0, 0.05) is 22.7 Å². The highest BCUT2D eigenvalue weighted by molar-refractivity contribution is 6.31. The van der Waals surface area contributed by atoms with E-state index in [1.807, 2.05) is 30.3 Å². The number of ether oxygens (including phenoxy) is 1. The lowest BCUT2D eigenvalue weighted by atomic mass is 9.92. The van der Waals surface area contributed by atoms with Crippen LogP contribution in [0.4, 0.5) is 11.6 Å². The van der Waals surface area contributed by atoms with Gasteiger partial charge in [0.05, 0.1) is 22.8 Å². The van der Waals surface area contributed by atoms with Crippen LogP contribution in [0.5, 0.6) is 0 Å². The first-order chi connectivity index (χ1) is 14.5. The second-order valence-corrected chi connectivity index (χ2v) is 6.80. The summed E-state index contributed by atoms with van der Waals surface area (Å²) in [4.78, 5) is 28.1. The van der Waals surface area contributed by atoms with Crippen molar-refractivity contribution in [1.82, 2.24) is 14.8 Å². The van der Waals surface area contributed by atoms with Gasteiger partial charge < -0.3 is 10.1 Å². The van der Waals surface area contributed by atoms with E-state index in [-0.39, 0.29) is 22.9 Å². The number of nitro benzene ring substituents is 1. The summed E-state index contributed by atoms with van der Waals surface area (Å²) >= 11 is 6.43. The molecule has 2 aromatic carbocycles. The molecule has 152 valence electrons. The molecule has 4 rings (SSSR count). The van der Waals surface area contributed by atoms with E-state index in [0.717, 1.165) is 5.56 Å². The fourth-order valence-electron chi connectivity index (χ4n) is 3.36. The highest BCUT2D eigenvalue weighted by Gasteiger charge is 2.37. The second-order valence-electron chi connectivity index (χ2n) is 6.39. The maximum absolute atomic E-state index is 13.1. The fourth-order valence-corrected chi connectivity index (χ4v) is 3.58. The number of non-ortho nitro benzene ring substituents is 1. The first kappa shape index (κ1) is 19.6. The zero-order valence-electron chi connectivity index (χ0n) is 15.8. The number of anilines is 1. The van der Waals surface area contributed by atoms with E-state index in [0.29, 0.717) is 17.2 Å². The minimum Gasteiger partial charge on any atom is -0.463 e. The van der Waals surface area contributed by atoms with Gasteiger partial charge in [-0.1, -0.05) is 41.9 Å². The highest BCUT2D eigenvalue weighted by Crippen LogP contribution is 2.41. The number of hydrogen-bond donors (Lipinski definition) is 1. The van der Waals surface area contributed by atoms with E-state index in [1.165, 1.54) is 29.2 Å². The van der Waals surface area contributed by atoms with Crippen molar-refractivity contribution < 1.29 is 14.5 Å². The molecule has 3 aromatic rings. The van der Waals surface area contributed by atoms with Gasteiger partial charge in [-0.25, -0.2) is 9.48 Å². The molecule has 0 bridgehead atoms. The van der Waals surface area contributed by atoms with Crippen molar-refractivity contribution in [2.24, 2.45) is 0 Å². The minimum absolute atomic E-state index is 0.154. The normalized spacial score (nSPS) is 15.3. The van der Waals surface area contributed by atoms with Gasteiger partial charge in [-0.05, 0) is 18.6 Å². The summed E-state index contributed by atoms with van der Waals surface area (Å²) in [5, 5.41) is 19.0. The summed E-state index contributed by atoms with van der Waals surface area (Å²) in [5.74, 6) is -0.216. The Bertz CT molecular complexity index is 1160. The molecule has 0 radical (unpaired) electrons. The molecular weight excluding hydrogens is 410 g/mol. The second kappa shape index (κ2) is 7.96. The third kappa shape index (κ3) is 3.39. The molecule has 0 spiro atoms. The van der Waals surface area contributed by atoms with Crippen molar-refractivity contribution in [3.05, 3.63) is 86.7 Å². The molecule has 0 aliphatic carbocycles.